The summed E-state index contributed by atoms with van der Waals surface area (Å²) >= 11 is 0. The van der Waals surface area contributed by atoms with Crippen molar-refractivity contribution in [3.8, 4) is 0 Å². The normalized spacial score (nSPS) is 11.7. The van der Waals surface area contributed by atoms with Gasteiger partial charge in [-0.1, -0.05) is 0 Å². The van der Waals surface area contributed by atoms with Crippen LogP contribution in [0.2, 0.25) is 0 Å². The molecule has 0 amide bonds. The highest BCUT2D eigenvalue weighted by Gasteiger charge is 1.85. The van der Waals surface area contributed by atoms with E-state index >= 15 is 0 Å². The zero-order valence-electron chi connectivity index (χ0n) is 5.10. The summed E-state index contributed by atoms with van der Waals surface area (Å²) in [6.45, 7) is 3.63. The third kappa shape index (κ3) is 2.20. The largest absolute Gasteiger partial charge is 0.366 e. The van der Waals surface area contributed by atoms with Crippen LogP contribution in [-0.2, 0) is 0 Å². The van der Waals surface area contributed by atoms with E-state index in [0.717, 1.165) is 5.84 Å². The monoisotopic (exact) mass is 99.1 g/mol. The van der Waals surface area contributed by atoms with Crippen molar-refractivity contribution in [2.75, 3.05) is 21.1 Å². The Bertz CT molecular complexity index is 74.1. The van der Waals surface area contributed by atoms with Crippen LogP contribution in [-0.4, -0.2) is 31.9 Å². The average Bonchev–Trinajstić information content (AvgIpc) is 1.65. The van der Waals surface area contributed by atoms with E-state index in [4.69, 9.17) is 0 Å². The number of hydrogen-bond donors (Lipinski definition) is 0. The lowest BCUT2D eigenvalue weighted by atomic mass is 10.6. The van der Waals surface area contributed by atoms with Crippen LogP contribution >= 0.6 is 0 Å². The number of amidine groups is 1. The molecule has 0 saturated heterocycles. The third-order valence-corrected chi connectivity index (χ3v) is 0.774. The van der Waals surface area contributed by atoms with E-state index in [1.165, 1.54) is 0 Å². The number of aliphatic imine (C=N–C) groups is 1. The van der Waals surface area contributed by atoms with Crippen LogP contribution in [0, 0.1) is 6.92 Å². The molecule has 0 spiro atoms. The molecule has 0 aromatic rings. The van der Waals surface area contributed by atoms with Crippen molar-refractivity contribution in [2.45, 2.75) is 0 Å². The minimum Gasteiger partial charge on any atom is -0.366 e. The van der Waals surface area contributed by atoms with Crippen LogP contribution in [0.4, 0.5) is 0 Å². The van der Waals surface area contributed by atoms with Gasteiger partial charge in [0.2, 0.25) is 0 Å². The topological polar surface area (TPSA) is 15.6 Å². The van der Waals surface area contributed by atoms with Gasteiger partial charge in [0, 0.05) is 28.1 Å². The summed E-state index contributed by atoms with van der Waals surface area (Å²) in [5, 5.41) is 0. The molecule has 1 radical (unpaired) electrons. The van der Waals surface area contributed by atoms with Crippen LogP contribution < -0.4 is 0 Å². The smallest absolute Gasteiger partial charge is 0.0984 e. The van der Waals surface area contributed by atoms with Crippen molar-refractivity contribution >= 4 is 5.84 Å². The van der Waals surface area contributed by atoms with Crippen molar-refractivity contribution in [1.29, 1.82) is 0 Å². The first-order valence-corrected chi connectivity index (χ1v) is 2.14. The number of hydrogen-bond acceptors (Lipinski definition) is 1. The minimum atomic E-state index is 0.806. The van der Waals surface area contributed by atoms with Gasteiger partial charge in [-0.15, -0.1) is 0 Å². The molecule has 0 aliphatic carbocycles. The first-order valence-electron chi connectivity index (χ1n) is 2.14. The molecule has 0 fully saturated rings. The summed E-state index contributed by atoms with van der Waals surface area (Å²) in [5.74, 6) is 0.806. The first kappa shape index (κ1) is 6.47. The lowest BCUT2D eigenvalue weighted by Gasteiger charge is -2.08. The molecule has 0 aliphatic heterocycles. The lowest BCUT2D eigenvalue weighted by Crippen LogP contribution is -2.18. The Kier molecular flexibility index (Phi) is 2.41. The van der Waals surface area contributed by atoms with Crippen molar-refractivity contribution in [3.05, 3.63) is 6.92 Å². The summed E-state index contributed by atoms with van der Waals surface area (Å²) in [6, 6.07) is 0. The Labute approximate surface area is 44.9 Å². The predicted octanol–water partition coefficient (Wildman–Crippen LogP) is 0.410. The average molecular weight is 99.2 g/mol. The van der Waals surface area contributed by atoms with Gasteiger partial charge in [-0.05, 0) is 0 Å². The summed E-state index contributed by atoms with van der Waals surface area (Å²) in [6.07, 6.45) is 0. The Morgan fingerprint density at radius 1 is 1.57 bits per heavy atom. The van der Waals surface area contributed by atoms with Gasteiger partial charge in [0.15, 0.2) is 0 Å². The molecule has 0 aliphatic rings. The van der Waals surface area contributed by atoms with Gasteiger partial charge >= 0.3 is 0 Å². The van der Waals surface area contributed by atoms with Gasteiger partial charge in [-0.3, -0.25) is 4.99 Å². The second kappa shape index (κ2) is 2.61. The fourth-order valence-electron chi connectivity index (χ4n) is 0.200. The summed E-state index contributed by atoms with van der Waals surface area (Å²) in [4.78, 5) is 5.68. The standard InChI is InChI=1S/C5H11N2/c1-5(6-2)7(3)4/h1H2,2-4H3/b6-5+. The molecule has 0 aromatic heterocycles. The van der Waals surface area contributed by atoms with Crippen molar-refractivity contribution < 1.29 is 0 Å². The summed E-state index contributed by atoms with van der Waals surface area (Å²) in [7, 11) is 5.55. The van der Waals surface area contributed by atoms with Crippen LogP contribution in [0.25, 0.3) is 0 Å². The van der Waals surface area contributed by atoms with Gasteiger partial charge in [-0.2, -0.15) is 0 Å². The molecule has 0 bridgehead atoms. The number of nitrogens with zero attached hydrogens (tertiary/aromatic N) is 2. The Hall–Kier alpha value is -0.530. The van der Waals surface area contributed by atoms with E-state index in [2.05, 4.69) is 11.9 Å². The molecule has 0 heterocycles. The van der Waals surface area contributed by atoms with E-state index < -0.39 is 0 Å². The SMILES string of the molecule is [CH2]/C(=N\C)N(C)C. The van der Waals surface area contributed by atoms with Gasteiger partial charge in [0.05, 0.1) is 5.84 Å². The van der Waals surface area contributed by atoms with E-state index in [1.54, 1.807) is 7.05 Å². The Morgan fingerprint density at radius 3 is 2.00 bits per heavy atom. The fraction of sp³-hybridized carbons (Fsp3) is 0.600. The molecule has 0 unspecified atom stereocenters. The highest BCUT2D eigenvalue weighted by molar-refractivity contribution is 5.85. The summed E-state index contributed by atoms with van der Waals surface area (Å²) < 4.78 is 0. The molecular weight excluding hydrogens is 88.1 g/mol. The Balaban J connectivity index is 3.56. The molecule has 0 rings (SSSR count). The fourth-order valence-corrected chi connectivity index (χ4v) is 0.200. The Morgan fingerprint density at radius 2 is 2.00 bits per heavy atom. The highest BCUT2D eigenvalue weighted by Crippen LogP contribution is 1.75. The number of rotatable bonds is 0. The molecular formula is C5H11N2. The predicted molar refractivity (Wildman–Crippen MR) is 32.4 cm³/mol. The van der Waals surface area contributed by atoms with Gasteiger partial charge in [-0.25, -0.2) is 0 Å². The van der Waals surface area contributed by atoms with E-state index in [-0.39, 0.29) is 0 Å². The zero-order valence-corrected chi connectivity index (χ0v) is 5.10. The van der Waals surface area contributed by atoms with Gasteiger partial charge in [0.25, 0.3) is 0 Å². The van der Waals surface area contributed by atoms with Crippen LogP contribution in [0.15, 0.2) is 4.99 Å². The molecule has 41 valence electrons. The molecule has 2 nitrogen and oxygen atoms in total. The molecule has 0 aromatic carbocycles. The maximum Gasteiger partial charge on any atom is 0.0984 e. The lowest BCUT2D eigenvalue weighted by molar-refractivity contribution is 0.625. The first-order chi connectivity index (χ1) is 3.18. The van der Waals surface area contributed by atoms with Crippen molar-refractivity contribution in [1.82, 2.24) is 4.90 Å². The van der Waals surface area contributed by atoms with Gasteiger partial charge < -0.3 is 4.90 Å². The van der Waals surface area contributed by atoms with Crippen LogP contribution in [0.1, 0.15) is 0 Å². The molecule has 7 heavy (non-hydrogen) atoms. The second-order valence-electron chi connectivity index (χ2n) is 1.53. The minimum absolute atomic E-state index is 0.806. The zero-order chi connectivity index (χ0) is 5.86. The second-order valence-corrected chi connectivity index (χ2v) is 1.53. The van der Waals surface area contributed by atoms with Crippen molar-refractivity contribution in [2.24, 2.45) is 4.99 Å². The molecule has 0 atom stereocenters. The van der Waals surface area contributed by atoms with Gasteiger partial charge in [0.1, 0.15) is 0 Å². The quantitative estimate of drug-likeness (QED) is 0.317. The maximum absolute atomic E-state index is 3.82. The van der Waals surface area contributed by atoms with E-state index in [9.17, 15) is 0 Å². The molecule has 0 N–H and O–H groups in total. The molecule has 2 heteroatoms. The highest BCUT2D eigenvalue weighted by atomic mass is 15.1. The van der Waals surface area contributed by atoms with E-state index in [1.807, 2.05) is 19.0 Å². The maximum atomic E-state index is 3.82. The van der Waals surface area contributed by atoms with Crippen LogP contribution in [0.3, 0.4) is 0 Å². The van der Waals surface area contributed by atoms with E-state index in [0.29, 0.717) is 0 Å². The molecule has 0 saturated carbocycles. The third-order valence-electron chi connectivity index (χ3n) is 0.774. The summed E-state index contributed by atoms with van der Waals surface area (Å²) in [5.41, 5.74) is 0. The van der Waals surface area contributed by atoms with Crippen LogP contribution in [0.5, 0.6) is 0 Å². The van der Waals surface area contributed by atoms with Crippen molar-refractivity contribution in [3.63, 3.8) is 0 Å².